The minimum Gasteiger partial charge on any atom is -0.473 e. The molecule has 1 unspecified atom stereocenters. The van der Waals surface area contributed by atoms with Gasteiger partial charge in [-0.15, -0.1) is 0 Å². The molecule has 0 radical (unpaired) electrons. The molecule has 0 spiro atoms. The maximum Gasteiger partial charge on any atom is 0.372 e. The van der Waals surface area contributed by atoms with E-state index < -0.39 is 11.0 Å². The summed E-state index contributed by atoms with van der Waals surface area (Å²) in [5.74, 6) is 0.541. The molecule has 0 aliphatic carbocycles. The molecule has 1 N–H and O–H groups in total. The summed E-state index contributed by atoms with van der Waals surface area (Å²) in [6.07, 6.45) is -0.0821. The topological polar surface area (TPSA) is 102 Å². The number of hydrogen-bond donors (Lipinski definition) is 1. The summed E-state index contributed by atoms with van der Waals surface area (Å²) in [5.41, 5.74) is 1.63. The number of aliphatic hydroxyl groups excluding tert-OH is 1. The predicted octanol–water partition coefficient (Wildman–Crippen LogP) is 2.19. The van der Waals surface area contributed by atoms with Crippen LogP contribution in [0.25, 0.3) is 0 Å². The zero-order valence-corrected chi connectivity index (χ0v) is 14.2. The molecule has 2 heterocycles. The van der Waals surface area contributed by atoms with Gasteiger partial charge in [-0.25, -0.2) is 4.98 Å². The van der Waals surface area contributed by atoms with Gasteiger partial charge in [-0.05, 0) is 31.4 Å². The lowest BCUT2D eigenvalue weighted by Crippen LogP contribution is -2.30. The summed E-state index contributed by atoms with van der Waals surface area (Å²) in [7, 11) is 0. The quantitative estimate of drug-likeness (QED) is 0.670. The molecule has 0 fully saturated rings. The third-order valence-electron chi connectivity index (χ3n) is 4.17. The number of hydrogen-bond acceptors (Lipinski definition) is 7. The highest BCUT2D eigenvalue weighted by molar-refractivity contribution is 5.64. The number of benzene rings is 1. The number of aliphatic hydroxyl groups is 1. The third kappa shape index (κ3) is 3.39. The number of aryl methyl sites for hydroxylation is 1. The fourth-order valence-electron chi connectivity index (χ4n) is 3.08. The van der Waals surface area contributed by atoms with Crippen molar-refractivity contribution < 1.29 is 14.8 Å². The Morgan fingerprint density at radius 3 is 2.88 bits per heavy atom. The molecule has 0 saturated carbocycles. The van der Waals surface area contributed by atoms with Crippen LogP contribution in [0, 0.1) is 17.0 Å². The van der Waals surface area contributed by atoms with E-state index in [0.717, 1.165) is 11.1 Å². The molecular formula is C17H20N4O4. The molecule has 1 atom stereocenters. The van der Waals surface area contributed by atoms with E-state index in [1.807, 2.05) is 24.3 Å². The van der Waals surface area contributed by atoms with Crippen molar-refractivity contribution >= 4 is 11.5 Å². The first-order chi connectivity index (χ1) is 12.0. The van der Waals surface area contributed by atoms with Crippen molar-refractivity contribution in [2.75, 3.05) is 24.6 Å². The van der Waals surface area contributed by atoms with Gasteiger partial charge in [0.15, 0.2) is 0 Å². The number of aromatic nitrogens is 2. The average molecular weight is 344 g/mol. The molecule has 1 aromatic heterocycles. The van der Waals surface area contributed by atoms with Crippen molar-refractivity contribution in [2.45, 2.75) is 26.4 Å². The van der Waals surface area contributed by atoms with Crippen molar-refractivity contribution in [3.05, 3.63) is 51.3 Å². The molecule has 8 nitrogen and oxygen atoms in total. The van der Waals surface area contributed by atoms with Crippen molar-refractivity contribution in [1.82, 2.24) is 9.97 Å². The van der Waals surface area contributed by atoms with E-state index in [2.05, 4.69) is 9.97 Å². The lowest BCUT2D eigenvalue weighted by molar-refractivity contribution is -0.385. The number of nitro groups is 1. The Morgan fingerprint density at radius 2 is 2.16 bits per heavy atom. The Bertz CT molecular complexity index is 796. The van der Waals surface area contributed by atoms with Crippen LogP contribution in [0.5, 0.6) is 5.88 Å². The van der Waals surface area contributed by atoms with E-state index in [4.69, 9.17) is 4.74 Å². The van der Waals surface area contributed by atoms with Crippen LogP contribution in [-0.2, 0) is 6.42 Å². The van der Waals surface area contributed by atoms with Gasteiger partial charge in [0.2, 0.25) is 5.82 Å². The molecule has 0 amide bonds. The number of ether oxygens (including phenoxy) is 1. The Kier molecular flexibility index (Phi) is 4.80. The molecule has 0 saturated heterocycles. The van der Waals surface area contributed by atoms with Gasteiger partial charge < -0.3 is 14.7 Å². The van der Waals surface area contributed by atoms with E-state index in [1.54, 1.807) is 18.7 Å². The number of rotatable bonds is 4. The number of fused-ring (bicyclic) bond motifs is 1. The average Bonchev–Trinajstić information content (AvgIpc) is 2.74. The van der Waals surface area contributed by atoms with Gasteiger partial charge in [0.25, 0.3) is 5.88 Å². The van der Waals surface area contributed by atoms with Crippen molar-refractivity contribution in [2.24, 2.45) is 0 Å². The molecule has 1 aliphatic rings. The standard InChI is InChI=1S/C17H20N4O4/c1-3-25-17-15(21(23)24)16(18-11(2)19-17)20-9-8-12-6-4-5-7-13(12)14(22)10-20/h4-7,14,22H,3,8-10H2,1-2H3. The Hall–Kier alpha value is -2.74. The van der Waals surface area contributed by atoms with Crippen molar-refractivity contribution in [3.63, 3.8) is 0 Å². The fraction of sp³-hybridized carbons (Fsp3) is 0.412. The summed E-state index contributed by atoms with van der Waals surface area (Å²) < 4.78 is 5.35. The summed E-state index contributed by atoms with van der Waals surface area (Å²) in [6.45, 7) is 4.41. The SMILES string of the molecule is CCOc1nc(C)nc(N2CCc3ccccc3C(O)C2)c1[N+](=O)[O-]. The van der Waals surface area contributed by atoms with E-state index in [9.17, 15) is 15.2 Å². The Morgan fingerprint density at radius 1 is 1.40 bits per heavy atom. The van der Waals surface area contributed by atoms with E-state index >= 15 is 0 Å². The number of anilines is 1. The minimum atomic E-state index is -0.746. The smallest absolute Gasteiger partial charge is 0.372 e. The van der Waals surface area contributed by atoms with Gasteiger partial charge in [0.05, 0.1) is 17.6 Å². The Labute approximate surface area is 145 Å². The molecular weight excluding hydrogens is 324 g/mol. The highest BCUT2D eigenvalue weighted by atomic mass is 16.6. The predicted molar refractivity (Wildman–Crippen MR) is 91.9 cm³/mol. The molecule has 3 rings (SSSR count). The fourth-order valence-corrected chi connectivity index (χ4v) is 3.08. The largest absolute Gasteiger partial charge is 0.473 e. The third-order valence-corrected chi connectivity index (χ3v) is 4.17. The van der Waals surface area contributed by atoms with Gasteiger partial charge in [0.1, 0.15) is 5.82 Å². The lowest BCUT2D eigenvalue weighted by Gasteiger charge is -2.23. The van der Waals surface area contributed by atoms with Gasteiger partial charge in [0, 0.05) is 13.1 Å². The van der Waals surface area contributed by atoms with Crippen LogP contribution in [-0.4, -0.2) is 39.7 Å². The van der Waals surface area contributed by atoms with Crippen LogP contribution >= 0.6 is 0 Å². The van der Waals surface area contributed by atoms with E-state index in [0.29, 0.717) is 18.8 Å². The summed E-state index contributed by atoms with van der Waals surface area (Å²) >= 11 is 0. The normalized spacial score (nSPS) is 16.9. The van der Waals surface area contributed by atoms with Gasteiger partial charge in [-0.2, -0.15) is 4.98 Å². The second kappa shape index (κ2) is 7.02. The monoisotopic (exact) mass is 344 g/mol. The molecule has 1 aliphatic heterocycles. The molecule has 132 valence electrons. The van der Waals surface area contributed by atoms with Crippen LogP contribution < -0.4 is 9.64 Å². The first kappa shape index (κ1) is 17.1. The maximum absolute atomic E-state index is 11.6. The zero-order valence-electron chi connectivity index (χ0n) is 14.2. The number of nitrogens with zero attached hydrogens (tertiary/aromatic N) is 4. The Balaban J connectivity index is 2.03. The zero-order chi connectivity index (χ0) is 18.0. The van der Waals surface area contributed by atoms with Crippen LogP contribution in [0.15, 0.2) is 24.3 Å². The van der Waals surface area contributed by atoms with Crippen molar-refractivity contribution in [3.8, 4) is 5.88 Å². The van der Waals surface area contributed by atoms with Gasteiger partial charge in [-0.1, -0.05) is 24.3 Å². The first-order valence-electron chi connectivity index (χ1n) is 8.18. The second-order valence-electron chi connectivity index (χ2n) is 5.85. The van der Waals surface area contributed by atoms with E-state index in [1.165, 1.54) is 0 Å². The van der Waals surface area contributed by atoms with Gasteiger partial charge in [-0.3, -0.25) is 10.1 Å². The van der Waals surface area contributed by atoms with Crippen LogP contribution in [0.4, 0.5) is 11.5 Å². The minimum absolute atomic E-state index is 0.0359. The summed E-state index contributed by atoms with van der Waals surface area (Å²) in [5, 5.41) is 22.2. The molecule has 8 heteroatoms. The summed E-state index contributed by atoms with van der Waals surface area (Å²) in [4.78, 5) is 21.2. The highest BCUT2D eigenvalue weighted by Gasteiger charge is 2.32. The number of β-amino-alcohol motifs (C(OH)–C–C–N with tert-alkyl or cyclic N) is 1. The summed E-state index contributed by atoms with van der Waals surface area (Å²) in [6, 6.07) is 7.65. The van der Waals surface area contributed by atoms with Crippen LogP contribution in [0.3, 0.4) is 0 Å². The highest BCUT2D eigenvalue weighted by Crippen LogP contribution is 2.36. The van der Waals surface area contributed by atoms with Gasteiger partial charge >= 0.3 is 5.69 Å². The van der Waals surface area contributed by atoms with E-state index in [-0.39, 0.29) is 30.5 Å². The van der Waals surface area contributed by atoms with Crippen LogP contribution in [0.1, 0.15) is 30.0 Å². The molecule has 1 aromatic carbocycles. The molecule has 25 heavy (non-hydrogen) atoms. The lowest BCUT2D eigenvalue weighted by atomic mass is 10.0. The second-order valence-corrected chi connectivity index (χ2v) is 5.85. The molecule has 0 bridgehead atoms. The molecule has 2 aromatic rings. The van der Waals surface area contributed by atoms with Crippen molar-refractivity contribution in [1.29, 1.82) is 0 Å². The maximum atomic E-state index is 11.6. The first-order valence-corrected chi connectivity index (χ1v) is 8.18. The van der Waals surface area contributed by atoms with Crippen LogP contribution in [0.2, 0.25) is 0 Å².